The summed E-state index contributed by atoms with van der Waals surface area (Å²) in [5.74, 6) is -0.384. The molecule has 0 aliphatic rings. The molecule has 0 aliphatic carbocycles. The van der Waals surface area contributed by atoms with Gasteiger partial charge in [0.2, 0.25) is 0 Å². The van der Waals surface area contributed by atoms with Gasteiger partial charge in [0.1, 0.15) is 5.75 Å². The number of carbonyl (C=O) groups is 1. The van der Waals surface area contributed by atoms with Gasteiger partial charge in [0.15, 0.2) is 0 Å². The lowest BCUT2D eigenvalue weighted by atomic mass is 10.2. The van der Waals surface area contributed by atoms with E-state index in [0.717, 1.165) is 8.61 Å². The third-order valence-corrected chi connectivity index (χ3v) is 4.85. The highest BCUT2D eigenvalue weighted by molar-refractivity contribution is 7.86. The molecule has 118 valence electrons. The van der Waals surface area contributed by atoms with Crippen LogP contribution in [0.3, 0.4) is 0 Å². The zero-order valence-electron chi connectivity index (χ0n) is 12.3. The first kappa shape index (κ1) is 17.4. The Morgan fingerprint density at radius 2 is 1.95 bits per heavy atom. The first-order valence-corrected chi connectivity index (χ1v) is 7.69. The third kappa shape index (κ3) is 5.00. The first-order chi connectivity index (χ1) is 9.77. The smallest absolute Gasteiger partial charge is 0.306 e. The summed E-state index contributed by atoms with van der Waals surface area (Å²) in [5, 5.41) is 9.38. The molecule has 1 aromatic carbocycles. The van der Waals surface area contributed by atoms with Crippen molar-refractivity contribution in [3.63, 3.8) is 0 Å². The van der Waals surface area contributed by atoms with Crippen LogP contribution < -0.4 is 0 Å². The van der Waals surface area contributed by atoms with Crippen molar-refractivity contribution >= 4 is 16.2 Å². The van der Waals surface area contributed by atoms with Crippen LogP contribution in [-0.4, -0.2) is 55.9 Å². The number of aromatic hydroxyl groups is 1. The third-order valence-electron chi connectivity index (χ3n) is 2.96. The lowest BCUT2D eigenvalue weighted by Crippen LogP contribution is -2.40. The molecule has 0 unspecified atom stereocenters. The number of carbonyl (C=O) groups excluding carboxylic acids is 1. The van der Waals surface area contributed by atoms with Crippen LogP contribution in [0.2, 0.25) is 0 Å². The minimum atomic E-state index is -3.68. The Morgan fingerprint density at radius 1 is 1.29 bits per heavy atom. The number of esters is 1. The molecule has 1 rings (SSSR count). The van der Waals surface area contributed by atoms with E-state index in [1.807, 2.05) is 0 Å². The average molecular weight is 316 g/mol. The van der Waals surface area contributed by atoms with Gasteiger partial charge in [-0.25, -0.2) is 0 Å². The predicted octanol–water partition coefficient (Wildman–Crippen LogP) is 0.564. The van der Waals surface area contributed by atoms with Gasteiger partial charge in [-0.15, -0.1) is 0 Å². The number of benzene rings is 1. The molecule has 8 heteroatoms. The first-order valence-electron chi connectivity index (χ1n) is 6.29. The molecule has 0 aliphatic heterocycles. The monoisotopic (exact) mass is 316 g/mol. The maximum Gasteiger partial charge on any atom is 0.306 e. The number of hydrogen-bond acceptors (Lipinski definition) is 5. The molecule has 0 amide bonds. The second-order valence-electron chi connectivity index (χ2n) is 4.58. The van der Waals surface area contributed by atoms with Gasteiger partial charge in [0.05, 0.1) is 13.5 Å². The molecular weight excluding hydrogens is 296 g/mol. The molecule has 0 aromatic heterocycles. The molecule has 0 fully saturated rings. The van der Waals surface area contributed by atoms with E-state index < -0.39 is 16.2 Å². The maximum absolute atomic E-state index is 12.3. The summed E-state index contributed by atoms with van der Waals surface area (Å²) in [5.41, 5.74) is 0.669. The largest absolute Gasteiger partial charge is 0.508 e. The van der Waals surface area contributed by atoms with E-state index >= 15 is 0 Å². The summed E-state index contributed by atoms with van der Waals surface area (Å²) in [6.07, 6.45) is -0.00774. The lowest BCUT2D eigenvalue weighted by molar-refractivity contribution is -0.140. The van der Waals surface area contributed by atoms with Crippen molar-refractivity contribution in [1.82, 2.24) is 8.61 Å². The van der Waals surface area contributed by atoms with Crippen LogP contribution in [-0.2, 0) is 26.3 Å². The number of phenolic OH excluding ortho intramolecular Hbond substituents is 1. The predicted molar refractivity (Wildman–Crippen MR) is 77.8 cm³/mol. The van der Waals surface area contributed by atoms with E-state index in [4.69, 9.17) is 0 Å². The van der Waals surface area contributed by atoms with Gasteiger partial charge >= 0.3 is 5.97 Å². The minimum absolute atomic E-state index is 0.00774. The number of rotatable bonds is 7. The molecule has 0 saturated carbocycles. The highest BCUT2D eigenvalue weighted by atomic mass is 32.2. The molecule has 0 atom stereocenters. The molecule has 21 heavy (non-hydrogen) atoms. The summed E-state index contributed by atoms with van der Waals surface area (Å²) >= 11 is 0. The normalized spacial score (nSPS) is 11.9. The number of phenols is 1. The SMILES string of the molecule is COC(=O)CCN(C)S(=O)(=O)N(C)Cc1cccc(O)c1. The summed E-state index contributed by atoms with van der Waals surface area (Å²) in [6, 6.07) is 6.38. The van der Waals surface area contributed by atoms with Crippen molar-refractivity contribution < 1.29 is 23.1 Å². The molecule has 1 aromatic rings. The second kappa shape index (κ2) is 7.39. The Hall–Kier alpha value is -1.64. The average Bonchev–Trinajstić information content (AvgIpc) is 2.44. The van der Waals surface area contributed by atoms with Gasteiger partial charge in [0.25, 0.3) is 10.2 Å². The summed E-state index contributed by atoms with van der Waals surface area (Å²) in [7, 11) is 0.417. The van der Waals surface area contributed by atoms with Crippen LogP contribution in [0, 0.1) is 0 Å². The Labute approximate surface area is 124 Å². The fourth-order valence-corrected chi connectivity index (χ4v) is 2.81. The molecule has 0 bridgehead atoms. The number of nitrogens with zero attached hydrogens (tertiary/aromatic N) is 2. The van der Waals surface area contributed by atoms with Crippen molar-refractivity contribution in [3.05, 3.63) is 29.8 Å². The van der Waals surface area contributed by atoms with Crippen LogP contribution in [0.15, 0.2) is 24.3 Å². The Bertz CT molecular complexity index is 588. The van der Waals surface area contributed by atoms with Crippen molar-refractivity contribution in [2.45, 2.75) is 13.0 Å². The summed E-state index contributed by atoms with van der Waals surface area (Å²) in [4.78, 5) is 11.1. The van der Waals surface area contributed by atoms with Crippen LogP contribution >= 0.6 is 0 Å². The van der Waals surface area contributed by atoms with Crippen molar-refractivity contribution in [1.29, 1.82) is 0 Å². The van der Waals surface area contributed by atoms with Gasteiger partial charge in [-0.3, -0.25) is 4.79 Å². The molecule has 0 radical (unpaired) electrons. The van der Waals surface area contributed by atoms with E-state index in [1.54, 1.807) is 12.1 Å². The van der Waals surface area contributed by atoms with Gasteiger partial charge in [0, 0.05) is 27.2 Å². The van der Waals surface area contributed by atoms with E-state index in [1.165, 1.54) is 33.3 Å². The van der Waals surface area contributed by atoms with E-state index in [0.29, 0.717) is 5.56 Å². The van der Waals surface area contributed by atoms with Crippen LogP contribution in [0.25, 0.3) is 0 Å². The zero-order chi connectivity index (χ0) is 16.0. The summed E-state index contributed by atoms with van der Waals surface area (Å²) < 4.78 is 31.2. The van der Waals surface area contributed by atoms with Crippen molar-refractivity contribution in [3.8, 4) is 5.75 Å². The molecule has 7 nitrogen and oxygen atoms in total. The highest BCUT2D eigenvalue weighted by Gasteiger charge is 2.24. The van der Waals surface area contributed by atoms with E-state index in [9.17, 15) is 18.3 Å². The van der Waals surface area contributed by atoms with E-state index in [2.05, 4.69) is 4.74 Å². The fraction of sp³-hybridized carbons (Fsp3) is 0.462. The number of hydrogen-bond donors (Lipinski definition) is 1. The van der Waals surface area contributed by atoms with Crippen molar-refractivity contribution in [2.75, 3.05) is 27.7 Å². The molecule has 0 spiro atoms. The second-order valence-corrected chi connectivity index (χ2v) is 6.72. The molecular formula is C13H20N2O5S. The van der Waals surface area contributed by atoms with Gasteiger partial charge in [-0.05, 0) is 17.7 Å². The number of methoxy groups -OCH3 is 1. The topological polar surface area (TPSA) is 87.2 Å². The van der Waals surface area contributed by atoms with Gasteiger partial charge < -0.3 is 9.84 Å². The fourth-order valence-electron chi connectivity index (χ4n) is 1.70. The van der Waals surface area contributed by atoms with Crippen molar-refractivity contribution in [2.24, 2.45) is 0 Å². The Morgan fingerprint density at radius 3 is 2.52 bits per heavy atom. The van der Waals surface area contributed by atoms with Crippen LogP contribution in [0.5, 0.6) is 5.75 Å². The van der Waals surface area contributed by atoms with Crippen LogP contribution in [0.4, 0.5) is 0 Å². The quantitative estimate of drug-likeness (QED) is 0.743. The van der Waals surface area contributed by atoms with Crippen LogP contribution in [0.1, 0.15) is 12.0 Å². The minimum Gasteiger partial charge on any atom is -0.508 e. The standard InChI is InChI=1S/C13H20N2O5S/c1-14(8-7-13(17)20-3)21(18,19)15(2)10-11-5-4-6-12(16)9-11/h4-6,9,16H,7-8,10H2,1-3H3. The molecule has 0 heterocycles. The molecule has 0 saturated heterocycles. The Balaban J connectivity index is 2.70. The zero-order valence-corrected chi connectivity index (χ0v) is 13.1. The Kier molecular flexibility index (Phi) is 6.13. The maximum atomic E-state index is 12.3. The summed E-state index contributed by atoms with van der Waals surface area (Å²) in [6.45, 7) is 0.165. The van der Waals surface area contributed by atoms with Gasteiger partial charge in [-0.1, -0.05) is 12.1 Å². The highest BCUT2D eigenvalue weighted by Crippen LogP contribution is 2.15. The van der Waals surface area contributed by atoms with E-state index in [-0.39, 0.29) is 25.3 Å². The number of ether oxygens (including phenoxy) is 1. The lowest BCUT2D eigenvalue weighted by Gasteiger charge is -2.24. The molecule has 1 N–H and O–H groups in total. The van der Waals surface area contributed by atoms with Gasteiger partial charge in [-0.2, -0.15) is 17.0 Å².